The summed E-state index contributed by atoms with van der Waals surface area (Å²) in [6.45, 7) is 4.44. The highest BCUT2D eigenvalue weighted by Gasteiger charge is 2.34. The number of rotatable bonds is 3. The highest BCUT2D eigenvalue weighted by atomic mass is 17.2. The van der Waals surface area contributed by atoms with Crippen LogP contribution >= 0.6 is 0 Å². The number of benzene rings is 2. The quantitative estimate of drug-likeness (QED) is 0.617. The molecule has 2 atom stereocenters. The smallest absolute Gasteiger partial charge is 0.168 e. The lowest BCUT2D eigenvalue weighted by molar-refractivity contribution is -0.179. The zero-order valence-electron chi connectivity index (χ0n) is 14.5. The van der Waals surface area contributed by atoms with Gasteiger partial charge in [0.15, 0.2) is 5.75 Å². The third kappa shape index (κ3) is 2.83. The lowest BCUT2D eigenvalue weighted by atomic mass is 9.81. The molecule has 1 saturated heterocycles. The molecule has 24 heavy (non-hydrogen) atoms. The van der Waals surface area contributed by atoms with E-state index in [4.69, 9.17) is 9.78 Å². The molecule has 0 spiro atoms. The van der Waals surface area contributed by atoms with Crippen molar-refractivity contribution in [2.75, 3.05) is 20.2 Å². The Labute approximate surface area is 144 Å². The zero-order valence-corrected chi connectivity index (χ0v) is 14.5. The van der Waals surface area contributed by atoms with Crippen molar-refractivity contribution in [1.29, 1.82) is 0 Å². The van der Waals surface area contributed by atoms with Crippen LogP contribution in [0.3, 0.4) is 0 Å². The summed E-state index contributed by atoms with van der Waals surface area (Å²) in [6.07, 6.45) is 3.49. The lowest BCUT2D eigenvalue weighted by Crippen LogP contribution is -2.41. The van der Waals surface area contributed by atoms with E-state index in [1.54, 1.807) is 7.11 Å². The zero-order chi connectivity index (χ0) is 16.5. The van der Waals surface area contributed by atoms with Crippen LogP contribution in [0.2, 0.25) is 0 Å². The van der Waals surface area contributed by atoms with Crippen molar-refractivity contribution < 1.29 is 9.78 Å². The van der Waals surface area contributed by atoms with Crippen molar-refractivity contribution in [2.45, 2.75) is 38.1 Å². The van der Waals surface area contributed by atoms with E-state index in [1.165, 1.54) is 35.1 Å². The molecule has 4 rings (SSSR count). The summed E-state index contributed by atoms with van der Waals surface area (Å²) in [7, 11) is 1.57. The first-order chi connectivity index (χ1) is 11.8. The Kier molecular flexibility index (Phi) is 4.30. The van der Waals surface area contributed by atoms with E-state index in [2.05, 4.69) is 48.2 Å². The van der Waals surface area contributed by atoms with Gasteiger partial charge in [0, 0.05) is 24.7 Å². The minimum absolute atomic E-state index is 0.523. The summed E-state index contributed by atoms with van der Waals surface area (Å²) in [6, 6.07) is 15.9. The van der Waals surface area contributed by atoms with Crippen molar-refractivity contribution >= 4 is 0 Å². The molecule has 0 bridgehead atoms. The van der Waals surface area contributed by atoms with E-state index in [-0.39, 0.29) is 0 Å². The number of aryl methyl sites for hydroxylation is 1. The first kappa shape index (κ1) is 15.7. The van der Waals surface area contributed by atoms with Gasteiger partial charge in [0.1, 0.15) is 0 Å². The summed E-state index contributed by atoms with van der Waals surface area (Å²) < 4.78 is 0. The highest BCUT2D eigenvalue weighted by Crippen LogP contribution is 2.43. The van der Waals surface area contributed by atoms with E-state index >= 15 is 0 Å². The summed E-state index contributed by atoms with van der Waals surface area (Å²) in [5, 5.41) is 0. The van der Waals surface area contributed by atoms with Crippen LogP contribution in [0.4, 0.5) is 0 Å². The topological polar surface area (TPSA) is 21.7 Å². The number of nitrogens with zero attached hydrogens (tertiary/aromatic N) is 1. The molecular formula is C21H25NO2. The standard InChI is InChI=1S/C21H25NO2/c1-15-5-3-6-16(13-15)17-9-10-20-18-7-4-8-21(24-23-2)19(18)11-12-22(20)14-17/h3-8,13,17,20H,9-12,14H2,1-2H3. The van der Waals surface area contributed by atoms with Gasteiger partial charge in [-0.25, -0.2) is 0 Å². The van der Waals surface area contributed by atoms with E-state index in [9.17, 15) is 0 Å². The molecule has 2 unspecified atom stereocenters. The van der Waals surface area contributed by atoms with Crippen LogP contribution in [0.1, 0.15) is 47.1 Å². The number of piperidine rings is 1. The summed E-state index contributed by atoms with van der Waals surface area (Å²) >= 11 is 0. The minimum Gasteiger partial charge on any atom is -0.338 e. The molecule has 2 heterocycles. The van der Waals surface area contributed by atoms with Gasteiger partial charge in [-0.05, 0) is 49.3 Å². The average Bonchev–Trinajstić information content (AvgIpc) is 2.61. The fraction of sp³-hybridized carbons (Fsp3) is 0.429. The number of hydrogen-bond acceptors (Lipinski definition) is 3. The molecule has 0 saturated carbocycles. The first-order valence-electron chi connectivity index (χ1n) is 8.89. The van der Waals surface area contributed by atoms with Crippen LogP contribution in [0.5, 0.6) is 5.75 Å². The Morgan fingerprint density at radius 2 is 1.96 bits per heavy atom. The van der Waals surface area contributed by atoms with E-state index in [1.807, 2.05) is 6.07 Å². The Morgan fingerprint density at radius 3 is 2.79 bits per heavy atom. The molecule has 0 N–H and O–H groups in total. The molecule has 0 amide bonds. The van der Waals surface area contributed by atoms with Gasteiger partial charge in [-0.15, -0.1) is 0 Å². The lowest BCUT2D eigenvalue weighted by Gasteiger charge is -2.44. The molecule has 0 aliphatic carbocycles. The maximum absolute atomic E-state index is 5.37. The van der Waals surface area contributed by atoms with Crippen LogP contribution in [0.25, 0.3) is 0 Å². The SMILES string of the molecule is COOc1cccc2c1CCN1CC(c3cccc(C)c3)CCC21. The Balaban J connectivity index is 1.57. The summed E-state index contributed by atoms with van der Waals surface area (Å²) in [5.41, 5.74) is 5.61. The summed E-state index contributed by atoms with van der Waals surface area (Å²) in [5.74, 6) is 1.54. The predicted molar refractivity (Wildman–Crippen MR) is 95.3 cm³/mol. The van der Waals surface area contributed by atoms with Gasteiger partial charge in [0.05, 0.1) is 7.11 Å². The van der Waals surface area contributed by atoms with Gasteiger partial charge >= 0.3 is 0 Å². The Bertz CT molecular complexity index is 728. The van der Waals surface area contributed by atoms with Crippen molar-refractivity contribution in [3.05, 3.63) is 64.7 Å². The fourth-order valence-electron chi connectivity index (χ4n) is 4.42. The molecule has 2 aromatic rings. The molecule has 0 radical (unpaired) electrons. The van der Waals surface area contributed by atoms with Gasteiger partial charge in [-0.3, -0.25) is 4.90 Å². The maximum Gasteiger partial charge on any atom is 0.168 e. The van der Waals surface area contributed by atoms with Crippen molar-refractivity contribution in [1.82, 2.24) is 4.90 Å². The van der Waals surface area contributed by atoms with Gasteiger partial charge < -0.3 is 4.89 Å². The molecule has 2 aliphatic rings. The van der Waals surface area contributed by atoms with Crippen LogP contribution < -0.4 is 4.89 Å². The predicted octanol–water partition coefficient (Wildman–Crippen LogP) is 4.41. The highest BCUT2D eigenvalue weighted by molar-refractivity contribution is 5.44. The van der Waals surface area contributed by atoms with E-state index < -0.39 is 0 Å². The van der Waals surface area contributed by atoms with Gasteiger partial charge in [0.2, 0.25) is 0 Å². The van der Waals surface area contributed by atoms with Crippen LogP contribution in [0, 0.1) is 6.92 Å². The van der Waals surface area contributed by atoms with Crippen LogP contribution in [-0.4, -0.2) is 25.1 Å². The molecule has 0 aromatic heterocycles. The van der Waals surface area contributed by atoms with Gasteiger partial charge in [-0.2, -0.15) is 4.89 Å². The maximum atomic E-state index is 5.37. The average molecular weight is 323 g/mol. The van der Waals surface area contributed by atoms with Crippen molar-refractivity contribution in [2.24, 2.45) is 0 Å². The number of fused-ring (bicyclic) bond motifs is 3. The van der Waals surface area contributed by atoms with E-state index in [0.29, 0.717) is 12.0 Å². The normalized spacial score (nSPS) is 23.4. The second-order valence-electron chi connectivity index (χ2n) is 7.02. The minimum atomic E-state index is 0.523. The third-order valence-electron chi connectivity index (χ3n) is 5.55. The third-order valence-corrected chi connectivity index (χ3v) is 5.55. The molecular weight excluding hydrogens is 298 g/mol. The second kappa shape index (κ2) is 6.58. The first-order valence-corrected chi connectivity index (χ1v) is 8.89. The molecule has 126 valence electrons. The van der Waals surface area contributed by atoms with Crippen LogP contribution in [0.15, 0.2) is 42.5 Å². The molecule has 1 fully saturated rings. The second-order valence-corrected chi connectivity index (χ2v) is 7.02. The largest absolute Gasteiger partial charge is 0.338 e. The molecule has 3 heteroatoms. The van der Waals surface area contributed by atoms with Gasteiger partial charge in [-0.1, -0.05) is 42.0 Å². The molecule has 2 aliphatic heterocycles. The monoisotopic (exact) mass is 323 g/mol. The van der Waals surface area contributed by atoms with E-state index in [0.717, 1.165) is 25.3 Å². The van der Waals surface area contributed by atoms with Crippen LogP contribution in [-0.2, 0) is 11.3 Å². The van der Waals surface area contributed by atoms with Gasteiger partial charge in [0.25, 0.3) is 0 Å². The van der Waals surface area contributed by atoms with Crippen molar-refractivity contribution in [3.8, 4) is 5.75 Å². The molecule has 2 aromatic carbocycles. The Hall–Kier alpha value is -1.84. The number of hydrogen-bond donors (Lipinski definition) is 0. The summed E-state index contributed by atoms with van der Waals surface area (Å²) in [4.78, 5) is 12.9. The fourth-order valence-corrected chi connectivity index (χ4v) is 4.42. The van der Waals surface area contributed by atoms with Crippen molar-refractivity contribution in [3.63, 3.8) is 0 Å². The molecule has 3 nitrogen and oxygen atoms in total. The Morgan fingerprint density at radius 1 is 1.08 bits per heavy atom.